The molecule has 0 amide bonds. The quantitative estimate of drug-likeness (QED) is 0.703. The molecule has 0 spiro atoms. The van der Waals surface area contributed by atoms with Crippen molar-refractivity contribution in [1.29, 1.82) is 0 Å². The Kier molecular flexibility index (Phi) is 1.89. The summed E-state index contributed by atoms with van der Waals surface area (Å²) in [5.74, 6) is 0. The lowest BCUT2D eigenvalue weighted by Gasteiger charge is -1.99. The minimum Gasteiger partial charge on any atom is -0.322 e. The zero-order chi connectivity index (χ0) is 9.26. The van der Waals surface area contributed by atoms with Crippen molar-refractivity contribution in [3.05, 3.63) is 46.2 Å². The average Bonchev–Trinajstić information content (AvgIpc) is 2.16. The molecular formula is C11H11NO. The van der Waals surface area contributed by atoms with E-state index in [4.69, 9.17) is 0 Å². The molecule has 0 aliphatic carbocycles. The normalized spacial score (nSPS) is 10.5. The molecule has 0 fully saturated rings. The average molecular weight is 173 g/mol. The molecule has 0 saturated carbocycles. The molecule has 0 unspecified atom stereocenters. The Balaban J connectivity index is 2.75. The first kappa shape index (κ1) is 8.05. The van der Waals surface area contributed by atoms with Crippen LogP contribution in [0.3, 0.4) is 0 Å². The molecule has 1 N–H and O–H groups in total. The lowest BCUT2D eigenvalue weighted by atomic mass is 10.1. The van der Waals surface area contributed by atoms with Crippen LogP contribution in [0.25, 0.3) is 10.9 Å². The highest BCUT2D eigenvalue weighted by Crippen LogP contribution is 2.11. The van der Waals surface area contributed by atoms with Crippen LogP contribution in [-0.4, -0.2) is 4.98 Å². The van der Waals surface area contributed by atoms with Gasteiger partial charge in [-0.15, -0.1) is 0 Å². The molecule has 2 rings (SSSR count). The first-order chi connectivity index (χ1) is 6.29. The minimum absolute atomic E-state index is 0.0410. The summed E-state index contributed by atoms with van der Waals surface area (Å²) in [4.78, 5) is 13.8. The Labute approximate surface area is 76.2 Å². The standard InChI is InChI=1S/C11H11NO/c1-2-8-3-4-9-5-6-11(13)12-10(9)7-8/h3-7H,2H2,1H3,(H,12,13). The lowest BCUT2D eigenvalue weighted by molar-refractivity contribution is 1.14. The van der Waals surface area contributed by atoms with Gasteiger partial charge in [-0.3, -0.25) is 4.79 Å². The number of hydrogen-bond acceptors (Lipinski definition) is 1. The number of nitrogens with one attached hydrogen (secondary N) is 1. The van der Waals surface area contributed by atoms with Crippen molar-refractivity contribution in [3.63, 3.8) is 0 Å². The molecule has 2 aromatic rings. The summed E-state index contributed by atoms with van der Waals surface area (Å²) in [5.41, 5.74) is 2.13. The van der Waals surface area contributed by atoms with E-state index in [0.29, 0.717) is 0 Å². The number of H-pyrrole nitrogens is 1. The van der Waals surface area contributed by atoms with Crippen LogP contribution in [0.4, 0.5) is 0 Å². The van der Waals surface area contributed by atoms with Crippen molar-refractivity contribution in [2.45, 2.75) is 13.3 Å². The Morgan fingerprint density at radius 3 is 2.77 bits per heavy atom. The molecule has 1 aromatic carbocycles. The van der Waals surface area contributed by atoms with E-state index < -0.39 is 0 Å². The molecule has 2 nitrogen and oxygen atoms in total. The van der Waals surface area contributed by atoms with Gasteiger partial charge in [0.15, 0.2) is 0 Å². The van der Waals surface area contributed by atoms with Crippen molar-refractivity contribution in [2.24, 2.45) is 0 Å². The monoisotopic (exact) mass is 173 g/mol. The van der Waals surface area contributed by atoms with E-state index in [-0.39, 0.29) is 5.56 Å². The van der Waals surface area contributed by atoms with Crippen molar-refractivity contribution < 1.29 is 0 Å². The van der Waals surface area contributed by atoms with E-state index in [0.717, 1.165) is 17.3 Å². The molecule has 13 heavy (non-hydrogen) atoms. The number of pyridine rings is 1. The van der Waals surface area contributed by atoms with Crippen LogP contribution >= 0.6 is 0 Å². The van der Waals surface area contributed by atoms with Crippen LogP contribution < -0.4 is 5.56 Å². The van der Waals surface area contributed by atoms with Crippen LogP contribution in [-0.2, 0) is 6.42 Å². The number of fused-ring (bicyclic) bond motifs is 1. The van der Waals surface area contributed by atoms with E-state index in [1.165, 1.54) is 5.56 Å². The van der Waals surface area contributed by atoms with Crippen molar-refractivity contribution >= 4 is 10.9 Å². The van der Waals surface area contributed by atoms with Gasteiger partial charge in [0.05, 0.1) is 0 Å². The highest BCUT2D eigenvalue weighted by Gasteiger charge is 1.94. The Hall–Kier alpha value is -1.57. The first-order valence-corrected chi connectivity index (χ1v) is 4.41. The fraction of sp³-hybridized carbons (Fsp3) is 0.182. The number of aryl methyl sites for hydroxylation is 1. The van der Waals surface area contributed by atoms with E-state index in [1.807, 2.05) is 18.2 Å². The van der Waals surface area contributed by atoms with Gasteiger partial charge in [-0.25, -0.2) is 0 Å². The molecule has 2 heteroatoms. The highest BCUT2D eigenvalue weighted by molar-refractivity contribution is 5.78. The maximum absolute atomic E-state index is 11.0. The SMILES string of the molecule is CCc1ccc2ccc(=O)[nH]c2c1. The second-order valence-electron chi connectivity index (χ2n) is 3.10. The molecular weight excluding hydrogens is 162 g/mol. The summed E-state index contributed by atoms with van der Waals surface area (Å²) in [6.45, 7) is 2.10. The third-order valence-corrected chi connectivity index (χ3v) is 2.20. The molecule has 0 atom stereocenters. The summed E-state index contributed by atoms with van der Waals surface area (Å²) in [5, 5.41) is 1.08. The van der Waals surface area contributed by atoms with Gasteiger partial charge in [-0.2, -0.15) is 0 Å². The van der Waals surface area contributed by atoms with Crippen molar-refractivity contribution in [1.82, 2.24) is 4.98 Å². The van der Waals surface area contributed by atoms with E-state index in [1.54, 1.807) is 6.07 Å². The molecule has 0 radical (unpaired) electrons. The Morgan fingerprint density at radius 2 is 2.00 bits per heavy atom. The second-order valence-corrected chi connectivity index (χ2v) is 3.10. The van der Waals surface area contributed by atoms with E-state index >= 15 is 0 Å². The highest BCUT2D eigenvalue weighted by atomic mass is 16.1. The van der Waals surface area contributed by atoms with Gasteiger partial charge in [0.25, 0.3) is 0 Å². The second kappa shape index (κ2) is 3.05. The number of benzene rings is 1. The lowest BCUT2D eigenvalue weighted by Crippen LogP contribution is -2.02. The number of rotatable bonds is 1. The zero-order valence-electron chi connectivity index (χ0n) is 7.50. The summed E-state index contributed by atoms with van der Waals surface area (Å²) in [7, 11) is 0. The first-order valence-electron chi connectivity index (χ1n) is 4.41. The maximum atomic E-state index is 11.0. The molecule has 0 aliphatic heterocycles. The van der Waals surface area contributed by atoms with Crippen molar-refractivity contribution in [2.75, 3.05) is 0 Å². The molecule has 0 saturated heterocycles. The van der Waals surface area contributed by atoms with Gasteiger partial charge in [-0.1, -0.05) is 19.1 Å². The van der Waals surface area contributed by atoms with Crippen LogP contribution in [0, 0.1) is 0 Å². The number of aromatic nitrogens is 1. The van der Waals surface area contributed by atoms with Crippen LogP contribution in [0.2, 0.25) is 0 Å². The van der Waals surface area contributed by atoms with Gasteiger partial charge in [0, 0.05) is 11.6 Å². The number of hydrogen-bond donors (Lipinski definition) is 1. The molecule has 0 aliphatic rings. The van der Waals surface area contributed by atoms with Gasteiger partial charge in [-0.05, 0) is 29.5 Å². The third-order valence-electron chi connectivity index (χ3n) is 2.20. The van der Waals surface area contributed by atoms with Crippen LogP contribution in [0.5, 0.6) is 0 Å². The van der Waals surface area contributed by atoms with Gasteiger partial charge < -0.3 is 4.98 Å². The Morgan fingerprint density at radius 1 is 1.23 bits per heavy atom. The van der Waals surface area contributed by atoms with Gasteiger partial charge in [0.2, 0.25) is 5.56 Å². The maximum Gasteiger partial charge on any atom is 0.248 e. The molecule has 0 bridgehead atoms. The zero-order valence-corrected chi connectivity index (χ0v) is 7.50. The molecule has 66 valence electrons. The summed E-state index contributed by atoms with van der Waals surface area (Å²) >= 11 is 0. The number of aromatic amines is 1. The van der Waals surface area contributed by atoms with Crippen molar-refractivity contribution in [3.8, 4) is 0 Å². The third kappa shape index (κ3) is 1.47. The summed E-state index contributed by atoms with van der Waals surface area (Å²) in [6, 6.07) is 9.53. The summed E-state index contributed by atoms with van der Waals surface area (Å²) < 4.78 is 0. The largest absolute Gasteiger partial charge is 0.322 e. The van der Waals surface area contributed by atoms with E-state index in [2.05, 4.69) is 18.0 Å². The smallest absolute Gasteiger partial charge is 0.248 e. The van der Waals surface area contributed by atoms with Gasteiger partial charge in [0.1, 0.15) is 0 Å². The van der Waals surface area contributed by atoms with Crippen LogP contribution in [0.1, 0.15) is 12.5 Å². The van der Waals surface area contributed by atoms with Crippen LogP contribution in [0.15, 0.2) is 35.1 Å². The fourth-order valence-electron chi connectivity index (χ4n) is 1.42. The Bertz CT molecular complexity index is 485. The summed E-state index contributed by atoms with van der Waals surface area (Å²) in [6.07, 6.45) is 0.993. The molecule has 1 heterocycles. The molecule has 1 aromatic heterocycles. The predicted molar refractivity (Wildman–Crippen MR) is 53.9 cm³/mol. The predicted octanol–water partition coefficient (Wildman–Crippen LogP) is 2.09. The van der Waals surface area contributed by atoms with E-state index in [9.17, 15) is 4.79 Å². The fourth-order valence-corrected chi connectivity index (χ4v) is 1.42. The topological polar surface area (TPSA) is 32.9 Å². The minimum atomic E-state index is -0.0410. The van der Waals surface area contributed by atoms with Gasteiger partial charge >= 0.3 is 0 Å².